The number of pyridine rings is 1. The minimum atomic E-state index is -0.207. The fraction of sp³-hybridized carbons (Fsp3) is 0.333. The minimum absolute atomic E-state index is 0.0248. The maximum Gasteiger partial charge on any atom is 0.252 e. The van der Waals surface area contributed by atoms with E-state index in [-0.39, 0.29) is 12.0 Å². The Morgan fingerprint density at radius 2 is 2.04 bits per heavy atom. The molecule has 0 aliphatic heterocycles. The molecule has 128 valence electrons. The Bertz CT molecular complexity index is 677. The van der Waals surface area contributed by atoms with Gasteiger partial charge in [0.2, 0.25) is 5.88 Å². The van der Waals surface area contributed by atoms with E-state index in [1.54, 1.807) is 6.07 Å². The summed E-state index contributed by atoms with van der Waals surface area (Å²) in [4.78, 5) is 18.4. The number of rotatable bonds is 7. The summed E-state index contributed by atoms with van der Waals surface area (Å²) in [7, 11) is 1.98. The first kappa shape index (κ1) is 18.1. The van der Waals surface area contributed by atoms with Crippen LogP contribution < -0.4 is 15.0 Å². The summed E-state index contributed by atoms with van der Waals surface area (Å²) >= 11 is 6.11. The van der Waals surface area contributed by atoms with E-state index < -0.39 is 0 Å². The molecule has 2 aromatic rings. The first-order valence-electron chi connectivity index (χ1n) is 7.84. The van der Waals surface area contributed by atoms with Crippen LogP contribution in [-0.4, -0.2) is 37.1 Å². The van der Waals surface area contributed by atoms with Crippen LogP contribution in [-0.2, 0) is 0 Å². The summed E-state index contributed by atoms with van der Waals surface area (Å²) in [5.74, 6) is 0.133. The number of nitrogens with one attached hydrogen (secondary N) is 1. The number of hydrogen-bond acceptors (Lipinski definition) is 4. The molecule has 2 rings (SSSR count). The third-order valence-electron chi connectivity index (χ3n) is 3.35. The number of carbonyl (C=O) groups is 1. The lowest BCUT2D eigenvalue weighted by Gasteiger charge is -2.19. The molecule has 1 aromatic carbocycles. The highest BCUT2D eigenvalue weighted by molar-refractivity contribution is 6.32. The quantitative estimate of drug-likeness (QED) is 0.834. The largest absolute Gasteiger partial charge is 0.474 e. The van der Waals surface area contributed by atoms with Crippen LogP contribution in [0.1, 0.15) is 24.2 Å². The summed E-state index contributed by atoms with van der Waals surface area (Å²) in [6.45, 7) is 5.00. The van der Waals surface area contributed by atoms with Gasteiger partial charge in [-0.15, -0.1) is 0 Å². The van der Waals surface area contributed by atoms with Crippen molar-refractivity contribution in [1.82, 2.24) is 10.3 Å². The Morgan fingerprint density at radius 1 is 1.33 bits per heavy atom. The molecule has 0 atom stereocenters. The van der Waals surface area contributed by atoms with Gasteiger partial charge in [-0.3, -0.25) is 4.79 Å². The van der Waals surface area contributed by atoms with Crippen LogP contribution in [0.15, 0.2) is 42.6 Å². The number of aromatic nitrogens is 1. The van der Waals surface area contributed by atoms with Gasteiger partial charge in [0.25, 0.3) is 5.91 Å². The topological polar surface area (TPSA) is 54.5 Å². The second-order valence-electron chi connectivity index (χ2n) is 5.69. The minimum Gasteiger partial charge on any atom is -0.474 e. The number of carbonyl (C=O) groups excluding carboxylic acids is 1. The fourth-order valence-corrected chi connectivity index (χ4v) is 2.32. The van der Waals surface area contributed by atoms with Gasteiger partial charge in [-0.2, -0.15) is 0 Å². The highest BCUT2D eigenvalue weighted by Crippen LogP contribution is 2.23. The van der Waals surface area contributed by atoms with Gasteiger partial charge in [0.05, 0.1) is 11.7 Å². The normalized spacial score (nSPS) is 10.5. The monoisotopic (exact) mass is 347 g/mol. The average molecular weight is 348 g/mol. The van der Waals surface area contributed by atoms with Crippen molar-refractivity contribution in [1.29, 1.82) is 0 Å². The zero-order chi connectivity index (χ0) is 17.5. The second kappa shape index (κ2) is 8.55. The number of anilines is 1. The van der Waals surface area contributed by atoms with E-state index in [0.29, 0.717) is 29.6 Å². The van der Waals surface area contributed by atoms with Crippen molar-refractivity contribution in [3.8, 4) is 5.88 Å². The van der Waals surface area contributed by atoms with E-state index in [2.05, 4.69) is 15.2 Å². The number of hydrogen-bond donors (Lipinski definition) is 1. The predicted octanol–water partition coefficient (Wildman–Crippen LogP) is 3.39. The van der Waals surface area contributed by atoms with Gasteiger partial charge in [0.1, 0.15) is 5.02 Å². The highest BCUT2D eigenvalue weighted by Gasteiger charge is 2.11. The molecule has 0 bridgehead atoms. The maximum atomic E-state index is 12.2. The van der Waals surface area contributed by atoms with Crippen molar-refractivity contribution in [3.05, 3.63) is 53.2 Å². The Labute approximate surface area is 147 Å². The van der Waals surface area contributed by atoms with Crippen molar-refractivity contribution < 1.29 is 9.53 Å². The number of nitrogens with zero attached hydrogens (tertiary/aromatic N) is 2. The SMILES string of the molecule is CC(C)Oc1ncc(C(=O)NCCN(C)c2ccccc2)cc1Cl. The molecular weight excluding hydrogens is 326 g/mol. The Morgan fingerprint density at radius 3 is 2.67 bits per heavy atom. The lowest BCUT2D eigenvalue weighted by atomic mass is 10.2. The molecule has 6 heteroatoms. The van der Waals surface area contributed by atoms with Crippen molar-refractivity contribution in [2.45, 2.75) is 20.0 Å². The molecule has 24 heavy (non-hydrogen) atoms. The van der Waals surface area contributed by atoms with Crippen LogP contribution in [0.2, 0.25) is 5.02 Å². The molecular formula is C18H22ClN3O2. The van der Waals surface area contributed by atoms with E-state index in [9.17, 15) is 4.79 Å². The molecule has 5 nitrogen and oxygen atoms in total. The number of ether oxygens (including phenoxy) is 1. The molecule has 0 spiro atoms. The number of para-hydroxylation sites is 1. The number of benzene rings is 1. The van der Waals surface area contributed by atoms with Gasteiger partial charge < -0.3 is 15.0 Å². The molecule has 1 amide bonds. The first-order valence-corrected chi connectivity index (χ1v) is 8.21. The Kier molecular flexibility index (Phi) is 6.44. The molecule has 0 unspecified atom stereocenters. The smallest absolute Gasteiger partial charge is 0.252 e. The first-order chi connectivity index (χ1) is 11.5. The van der Waals surface area contributed by atoms with E-state index >= 15 is 0 Å². The maximum absolute atomic E-state index is 12.2. The standard InChI is InChI=1S/C18H22ClN3O2/c1-13(2)24-18-16(19)11-14(12-21-18)17(23)20-9-10-22(3)15-7-5-4-6-8-15/h4-8,11-13H,9-10H2,1-3H3,(H,20,23). The number of likely N-dealkylation sites (N-methyl/N-ethyl adjacent to an activating group) is 1. The van der Waals surface area contributed by atoms with Crippen LogP contribution in [0.4, 0.5) is 5.69 Å². The lowest BCUT2D eigenvalue weighted by molar-refractivity contribution is 0.0954. The van der Waals surface area contributed by atoms with E-state index in [4.69, 9.17) is 16.3 Å². The molecule has 1 heterocycles. The molecule has 1 aromatic heterocycles. The van der Waals surface area contributed by atoms with Crippen LogP contribution in [0, 0.1) is 0 Å². The third kappa shape index (κ3) is 5.13. The van der Waals surface area contributed by atoms with Crippen molar-refractivity contribution in [2.75, 3.05) is 25.0 Å². The van der Waals surface area contributed by atoms with Crippen molar-refractivity contribution in [3.63, 3.8) is 0 Å². The Balaban J connectivity index is 1.87. The molecule has 0 radical (unpaired) electrons. The summed E-state index contributed by atoms with van der Waals surface area (Å²) < 4.78 is 5.46. The molecule has 0 saturated heterocycles. The molecule has 0 saturated carbocycles. The van der Waals surface area contributed by atoms with Crippen LogP contribution >= 0.6 is 11.6 Å². The predicted molar refractivity (Wildman–Crippen MR) is 97.1 cm³/mol. The summed E-state index contributed by atoms with van der Waals surface area (Å²) in [6.07, 6.45) is 1.45. The second-order valence-corrected chi connectivity index (χ2v) is 6.10. The van der Waals surface area contributed by atoms with Crippen LogP contribution in [0.25, 0.3) is 0 Å². The number of halogens is 1. The van der Waals surface area contributed by atoms with Gasteiger partial charge in [-0.25, -0.2) is 4.98 Å². The fourth-order valence-electron chi connectivity index (χ4n) is 2.11. The van der Waals surface area contributed by atoms with Gasteiger partial charge in [0, 0.05) is 32.0 Å². The summed E-state index contributed by atoms with van der Waals surface area (Å²) in [5, 5.41) is 3.20. The zero-order valence-electron chi connectivity index (χ0n) is 14.1. The van der Waals surface area contributed by atoms with Crippen LogP contribution in [0.5, 0.6) is 5.88 Å². The Hall–Kier alpha value is -2.27. The van der Waals surface area contributed by atoms with Crippen molar-refractivity contribution in [2.24, 2.45) is 0 Å². The van der Waals surface area contributed by atoms with Gasteiger partial charge in [0.15, 0.2) is 0 Å². The lowest BCUT2D eigenvalue weighted by Crippen LogP contribution is -2.33. The highest BCUT2D eigenvalue weighted by atomic mass is 35.5. The average Bonchev–Trinajstić information content (AvgIpc) is 2.57. The van der Waals surface area contributed by atoms with Crippen molar-refractivity contribution >= 4 is 23.2 Å². The van der Waals surface area contributed by atoms with Gasteiger partial charge in [-0.1, -0.05) is 29.8 Å². The summed E-state index contributed by atoms with van der Waals surface area (Å²) in [5.41, 5.74) is 1.52. The molecule has 0 fully saturated rings. The number of amides is 1. The van der Waals surface area contributed by atoms with E-state index in [0.717, 1.165) is 5.69 Å². The van der Waals surface area contributed by atoms with Crippen LogP contribution in [0.3, 0.4) is 0 Å². The van der Waals surface area contributed by atoms with E-state index in [1.165, 1.54) is 6.20 Å². The van der Waals surface area contributed by atoms with E-state index in [1.807, 2.05) is 51.2 Å². The molecule has 0 aliphatic carbocycles. The summed E-state index contributed by atoms with van der Waals surface area (Å²) in [6, 6.07) is 11.6. The molecule has 1 N–H and O–H groups in total. The molecule has 0 aliphatic rings. The van der Waals surface area contributed by atoms with Gasteiger partial charge >= 0.3 is 0 Å². The zero-order valence-corrected chi connectivity index (χ0v) is 14.9. The van der Waals surface area contributed by atoms with Gasteiger partial charge in [-0.05, 0) is 32.0 Å². The third-order valence-corrected chi connectivity index (χ3v) is 3.62.